The number of allylic oxidation sites excluding steroid dienone is 1. The van der Waals surface area contributed by atoms with E-state index in [0.29, 0.717) is 0 Å². The molecule has 0 rings (SSSR count). The summed E-state index contributed by atoms with van der Waals surface area (Å²) in [6.45, 7) is 13.7. The average Bonchev–Trinajstić information content (AvgIpc) is 2.04. The number of unbranched alkanes of at least 4 members (excludes halogenated alkanes) is 2. The Morgan fingerprint density at radius 2 is 2.08 bits per heavy atom. The third-order valence-corrected chi connectivity index (χ3v) is 2.12. The second kappa shape index (κ2) is 5.85. The zero-order valence-electron chi connectivity index (χ0n) is 9.23. The number of rotatable bonds is 7. The lowest BCUT2D eigenvalue weighted by Crippen LogP contribution is -2.24. The van der Waals surface area contributed by atoms with Crippen molar-refractivity contribution < 1.29 is 4.74 Å². The van der Waals surface area contributed by atoms with E-state index in [4.69, 9.17) is 4.74 Å². The molecule has 1 atom stereocenters. The third kappa shape index (κ3) is 5.51. The van der Waals surface area contributed by atoms with Crippen molar-refractivity contribution >= 4 is 0 Å². The van der Waals surface area contributed by atoms with Crippen molar-refractivity contribution in [3.63, 3.8) is 0 Å². The SMILES string of the molecule is C=CC(C)(CCCCC)OC(=C)C. The predicted molar refractivity (Wildman–Crippen MR) is 58.6 cm³/mol. The highest BCUT2D eigenvalue weighted by atomic mass is 16.5. The predicted octanol–water partition coefficient (Wildman–Crippen LogP) is 4.06. The van der Waals surface area contributed by atoms with Gasteiger partial charge in [-0.1, -0.05) is 32.9 Å². The van der Waals surface area contributed by atoms with Crippen LogP contribution in [0.25, 0.3) is 0 Å². The van der Waals surface area contributed by atoms with Crippen molar-refractivity contribution in [2.24, 2.45) is 0 Å². The molecule has 0 saturated heterocycles. The molecule has 0 saturated carbocycles. The van der Waals surface area contributed by atoms with Crippen LogP contribution in [0.2, 0.25) is 0 Å². The first kappa shape index (κ1) is 12.3. The highest BCUT2D eigenvalue weighted by Gasteiger charge is 2.20. The summed E-state index contributed by atoms with van der Waals surface area (Å²) in [5.41, 5.74) is -0.221. The van der Waals surface area contributed by atoms with Gasteiger partial charge in [-0.2, -0.15) is 0 Å². The Kier molecular flexibility index (Phi) is 5.52. The van der Waals surface area contributed by atoms with E-state index in [-0.39, 0.29) is 5.60 Å². The molecule has 0 radical (unpaired) electrons. The minimum absolute atomic E-state index is 0.221. The monoisotopic (exact) mass is 182 g/mol. The zero-order chi connectivity index (χ0) is 10.3. The van der Waals surface area contributed by atoms with E-state index in [1.54, 1.807) is 0 Å². The van der Waals surface area contributed by atoms with Crippen molar-refractivity contribution in [2.45, 2.75) is 52.1 Å². The summed E-state index contributed by atoms with van der Waals surface area (Å²) in [6, 6.07) is 0. The summed E-state index contributed by atoms with van der Waals surface area (Å²) in [4.78, 5) is 0. The molecular weight excluding hydrogens is 160 g/mol. The van der Waals surface area contributed by atoms with Gasteiger partial charge >= 0.3 is 0 Å². The molecule has 0 aromatic rings. The van der Waals surface area contributed by atoms with Gasteiger partial charge in [0.05, 0.1) is 5.76 Å². The Hall–Kier alpha value is -0.720. The maximum absolute atomic E-state index is 5.62. The largest absolute Gasteiger partial charge is 0.489 e. The first-order chi connectivity index (χ1) is 6.04. The molecule has 1 nitrogen and oxygen atoms in total. The van der Waals surface area contributed by atoms with Crippen LogP contribution in [0.4, 0.5) is 0 Å². The van der Waals surface area contributed by atoms with E-state index in [2.05, 4.69) is 27.0 Å². The van der Waals surface area contributed by atoms with Crippen LogP contribution in [-0.4, -0.2) is 5.60 Å². The molecule has 0 N–H and O–H groups in total. The molecule has 0 aromatic carbocycles. The zero-order valence-corrected chi connectivity index (χ0v) is 9.23. The Balaban J connectivity index is 3.96. The molecule has 0 bridgehead atoms. The summed E-state index contributed by atoms with van der Waals surface area (Å²) >= 11 is 0. The van der Waals surface area contributed by atoms with Crippen molar-refractivity contribution in [1.82, 2.24) is 0 Å². The first-order valence-corrected chi connectivity index (χ1v) is 5.02. The number of ether oxygens (including phenoxy) is 1. The van der Waals surface area contributed by atoms with Crippen LogP contribution in [0.5, 0.6) is 0 Å². The van der Waals surface area contributed by atoms with Crippen molar-refractivity contribution in [3.05, 3.63) is 25.0 Å². The summed E-state index contributed by atoms with van der Waals surface area (Å²) in [7, 11) is 0. The second-order valence-electron chi connectivity index (χ2n) is 3.78. The van der Waals surface area contributed by atoms with Gasteiger partial charge in [-0.15, -0.1) is 0 Å². The minimum Gasteiger partial charge on any atom is -0.489 e. The van der Waals surface area contributed by atoms with Gasteiger partial charge in [0.1, 0.15) is 5.60 Å². The first-order valence-electron chi connectivity index (χ1n) is 5.02. The third-order valence-electron chi connectivity index (χ3n) is 2.12. The van der Waals surface area contributed by atoms with Gasteiger partial charge in [0.25, 0.3) is 0 Å². The smallest absolute Gasteiger partial charge is 0.123 e. The lowest BCUT2D eigenvalue weighted by Gasteiger charge is -2.27. The Morgan fingerprint density at radius 3 is 2.46 bits per heavy atom. The van der Waals surface area contributed by atoms with Gasteiger partial charge in [-0.05, 0) is 32.8 Å². The van der Waals surface area contributed by atoms with Crippen LogP contribution in [0.15, 0.2) is 25.0 Å². The van der Waals surface area contributed by atoms with Crippen LogP contribution < -0.4 is 0 Å². The summed E-state index contributed by atoms with van der Waals surface area (Å²) < 4.78 is 5.62. The molecule has 0 heterocycles. The highest BCUT2D eigenvalue weighted by Crippen LogP contribution is 2.22. The lowest BCUT2D eigenvalue weighted by molar-refractivity contribution is 0.0537. The van der Waals surface area contributed by atoms with E-state index in [1.807, 2.05) is 13.0 Å². The number of hydrogen-bond acceptors (Lipinski definition) is 1. The molecule has 0 amide bonds. The van der Waals surface area contributed by atoms with Crippen molar-refractivity contribution in [1.29, 1.82) is 0 Å². The van der Waals surface area contributed by atoms with Crippen LogP contribution in [0.1, 0.15) is 46.5 Å². The lowest BCUT2D eigenvalue weighted by atomic mass is 9.98. The van der Waals surface area contributed by atoms with E-state index in [9.17, 15) is 0 Å². The summed E-state index contributed by atoms with van der Waals surface area (Å²) in [6.07, 6.45) is 6.57. The van der Waals surface area contributed by atoms with Gasteiger partial charge in [0, 0.05) is 0 Å². The van der Waals surface area contributed by atoms with Crippen molar-refractivity contribution in [2.75, 3.05) is 0 Å². The fraction of sp³-hybridized carbons (Fsp3) is 0.667. The maximum Gasteiger partial charge on any atom is 0.123 e. The second-order valence-corrected chi connectivity index (χ2v) is 3.78. The number of hydrogen-bond donors (Lipinski definition) is 0. The minimum atomic E-state index is -0.221. The summed E-state index contributed by atoms with van der Waals surface area (Å²) in [5.74, 6) is 0.763. The van der Waals surface area contributed by atoms with Crippen LogP contribution in [0, 0.1) is 0 Å². The average molecular weight is 182 g/mol. The molecule has 1 heteroatoms. The Bertz CT molecular complexity index is 172. The van der Waals surface area contributed by atoms with E-state index < -0.39 is 0 Å². The molecule has 0 spiro atoms. The molecule has 0 aliphatic heterocycles. The van der Waals surface area contributed by atoms with E-state index in [0.717, 1.165) is 12.2 Å². The Morgan fingerprint density at radius 1 is 1.46 bits per heavy atom. The molecule has 1 unspecified atom stereocenters. The van der Waals surface area contributed by atoms with E-state index in [1.165, 1.54) is 19.3 Å². The van der Waals surface area contributed by atoms with Gasteiger partial charge in [0.2, 0.25) is 0 Å². The van der Waals surface area contributed by atoms with Gasteiger partial charge in [0.15, 0.2) is 0 Å². The molecule has 76 valence electrons. The normalized spacial score (nSPS) is 14.7. The molecule has 0 aromatic heterocycles. The highest BCUT2D eigenvalue weighted by molar-refractivity contribution is 4.97. The topological polar surface area (TPSA) is 9.23 Å². The maximum atomic E-state index is 5.62. The molecule has 0 fully saturated rings. The van der Waals surface area contributed by atoms with E-state index >= 15 is 0 Å². The van der Waals surface area contributed by atoms with Crippen molar-refractivity contribution in [3.8, 4) is 0 Å². The summed E-state index contributed by atoms with van der Waals surface area (Å²) in [5, 5.41) is 0. The van der Waals surface area contributed by atoms with Crippen LogP contribution in [-0.2, 0) is 4.74 Å². The standard InChI is InChI=1S/C12H22O/c1-6-8-9-10-12(5,7-2)13-11(3)4/h7H,2-3,6,8-10H2,1,4-5H3. The Labute approximate surface area is 82.5 Å². The molecule has 13 heavy (non-hydrogen) atoms. The molecule has 0 aliphatic rings. The van der Waals surface area contributed by atoms with Gasteiger partial charge in [-0.3, -0.25) is 0 Å². The fourth-order valence-electron chi connectivity index (χ4n) is 1.32. The quantitative estimate of drug-likeness (QED) is 0.328. The van der Waals surface area contributed by atoms with Gasteiger partial charge in [-0.25, -0.2) is 0 Å². The molecular formula is C12H22O. The van der Waals surface area contributed by atoms with Gasteiger partial charge < -0.3 is 4.74 Å². The molecule has 0 aliphatic carbocycles. The van der Waals surface area contributed by atoms with Crippen LogP contribution >= 0.6 is 0 Å². The van der Waals surface area contributed by atoms with Crippen LogP contribution in [0.3, 0.4) is 0 Å². The fourth-order valence-corrected chi connectivity index (χ4v) is 1.32.